The Balaban J connectivity index is 1.65. The number of carbonyl (C=O) groups is 2. The molecule has 1 atom stereocenters. The predicted molar refractivity (Wildman–Crippen MR) is 124 cm³/mol. The lowest BCUT2D eigenvalue weighted by atomic mass is 10.0. The van der Waals surface area contributed by atoms with Crippen LogP contribution in [0, 0.1) is 0 Å². The first-order valence-electron chi connectivity index (χ1n) is 10.7. The summed E-state index contributed by atoms with van der Waals surface area (Å²) in [5.74, 6) is -0.0585. The van der Waals surface area contributed by atoms with E-state index in [1.807, 2.05) is 42.5 Å². The Kier molecular flexibility index (Phi) is 8.35. The zero-order valence-electron chi connectivity index (χ0n) is 19.0. The summed E-state index contributed by atoms with van der Waals surface area (Å²) in [5, 5.41) is 11.0. The van der Waals surface area contributed by atoms with Crippen molar-refractivity contribution in [2.45, 2.75) is 39.0 Å². The Bertz CT molecular complexity index is 1080. The zero-order chi connectivity index (χ0) is 23.6. The van der Waals surface area contributed by atoms with Crippen molar-refractivity contribution < 1.29 is 19.1 Å². The van der Waals surface area contributed by atoms with Crippen molar-refractivity contribution in [1.29, 1.82) is 0 Å². The van der Waals surface area contributed by atoms with Gasteiger partial charge in [-0.15, -0.1) is 5.10 Å². The molecule has 1 unspecified atom stereocenters. The number of carbonyl (C=O) groups excluding carboxylic acids is 2. The number of nitrogens with zero attached hydrogens (tertiary/aromatic N) is 3. The highest BCUT2D eigenvalue weighted by atomic mass is 16.5. The number of methoxy groups -OCH3 is 1. The molecule has 0 fully saturated rings. The van der Waals surface area contributed by atoms with Gasteiger partial charge in [0.15, 0.2) is 0 Å². The summed E-state index contributed by atoms with van der Waals surface area (Å²) >= 11 is 0. The molecule has 1 heterocycles. The van der Waals surface area contributed by atoms with Gasteiger partial charge in [0.2, 0.25) is 5.91 Å². The lowest BCUT2D eigenvalue weighted by molar-refractivity contribution is -0.148. The highest BCUT2D eigenvalue weighted by molar-refractivity contribution is 5.92. The van der Waals surface area contributed by atoms with Gasteiger partial charge in [-0.05, 0) is 43.2 Å². The number of ether oxygens (including phenoxy) is 2. The Hall–Kier alpha value is -3.94. The Morgan fingerprint density at radius 2 is 1.82 bits per heavy atom. The largest absolute Gasteiger partial charge is 0.497 e. The van der Waals surface area contributed by atoms with Crippen LogP contribution in [0.2, 0.25) is 0 Å². The van der Waals surface area contributed by atoms with Crippen molar-refractivity contribution >= 4 is 18.0 Å². The van der Waals surface area contributed by atoms with E-state index in [2.05, 4.69) is 15.6 Å². The summed E-state index contributed by atoms with van der Waals surface area (Å²) in [6, 6.07) is 16.5. The van der Waals surface area contributed by atoms with Gasteiger partial charge >= 0.3 is 5.97 Å². The van der Waals surface area contributed by atoms with Gasteiger partial charge in [0.05, 0.1) is 38.4 Å². The van der Waals surface area contributed by atoms with E-state index >= 15 is 0 Å². The summed E-state index contributed by atoms with van der Waals surface area (Å²) in [5.41, 5.74) is 2.43. The van der Waals surface area contributed by atoms with E-state index in [4.69, 9.17) is 9.47 Å². The average molecular weight is 449 g/mol. The van der Waals surface area contributed by atoms with Gasteiger partial charge in [-0.1, -0.05) is 47.7 Å². The molecular formula is C25H28N4O4. The van der Waals surface area contributed by atoms with E-state index in [0.717, 1.165) is 11.1 Å². The maximum atomic E-state index is 12.6. The molecule has 2 aromatic carbocycles. The number of hydrogen-bond donors (Lipinski definition) is 1. The van der Waals surface area contributed by atoms with Crippen molar-refractivity contribution in [3.63, 3.8) is 0 Å². The van der Waals surface area contributed by atoms with Gasteiger partial charge in [-0.25, -0.2) is 4.68 Å². The molecule has 1 amide bonds. The molecule has 3 rings (SSSR count). The Labute approximate surface area is 193 Å². The number of rotatable bonds is 10. The molecule has 0 spiro atoms. The summed E-state index contributed by atoms with van der Waals surface area (Å²) in [7, 11) is 1.58. The first-order chi connectivity index (χ1) is 15.9. The number of benzene rings is 2. The monoisotopic (exact) mass is 448 g/mol. The smallest absolute Gasteiger partial charge is 0.308 e. The van der Waals surface area contributed by atoms with E-state index in [0.29, 0.717) is 18.0 Å². The maximum absolute atomic E-state index is 12.6. The molecule has 0 aliphatic rings. The second kappa shape index (κ2) is 11.6. The third kappa shape index (κ3) is 7.60. The molecule has 0 bridgehead atoms. The van der Waals surface area contributed by atoms with Crippen LogP contribution in [-0.4, -0.2) is 40.1 Å². The van der Waals surface area contributed by atoms with E-state index in [1.54, 1.807) is 50.0 Å². The Morgan fingerprint density at radius 3 is 2.48 bits per heavy atom. The lowest BCUT2D eigenvalue weighted by Gasteiger charge is -2.19. The minimum Gasteiger partial charge on any atom is -0.497 e. The number of esters is 1. The predicted octanol–water partition coefficient (Wildman–Crippen LogP) is 3.55. The highest BCUT2D eigenvalue weighted by Crippen LogP contribution is 2.21. The summed E-state index contributed by atoms with van der Waals surface area (Å²) in [6.45, 7) is 4.16. The van der Waals surface area contributed by atoms with Crippen LogP contribution in [-0.2, 0) is 20.9 Å². The van der Waals surface area contributed by atoms with E-state index < -0.39 is 6.04 Å². The van der Waals surface area contributed by atoms with Gasteiger partial charge in [0, 0.05) is 6.08 Å². The Morgan fingerprint density at radius 1 is 1.09 bits per heavy atom. The minimum atomic E-state index is -0.548. The number of nitrogens with one attached hydrogen (secondary N) is 1. The first-order valence-corrected chi connectivity index (χ1v) is 10.7. The molecule has 8 nitrogen and oxygen atoms in total. The van der Waals surface area contributed by atoms with Gasteiger partial charge in [-0.2, -0.15) is 0 Å². The molecule has 0 saturated carbocycles. The van der Waals surface area contributed by atoms with Crippen LogP contribution < -0.4 is 10.1 Å². The van der Waals surface area contributed by atoms with E-state index in [9.17, 15) is 9.59 Å². The van der Waals surface area contributed by atoms with Gasteiger partial charge < -0.3 is 14.8 Å². The summed E-state index contributed by atoms with van der Waals surface area (Å²) in [6.07, 6.45) is 4.50. The molecule has 1 aromatic heterocycles. The fourth-order valence-electron chi connectivity index (χ4n) is 3.18. The van der Waals surface area contributed by atoms with Crippen molar-refractivity contribution in [3.05, 3.63) is 83.7 Å². The molecule has 0 saturated heterocycles. The third-order valence-corrected chi connectivity index (χ3v) is 4.72. The molecule has 3 aromatic rings. The highest BCUT2D eigenvalue weighted by Gasteiger charge is 2.19. The quantitative estimate of drug-likeness (QED) is 0.376. The number of aromatic nitrogens is 3. The van der Waals surface area contributed by atoms with Crippen molar-refractivity contribution in [1.82, 2.24) is 20.3 Å². The van der Waals surface area contributed by atoms with Crippen LogP contribution >= 0.6 is 0 Å². The van der Waals surface area contributed by atoms with Crippen molar-refractivity contribution in [3.8, 4) is 5.75 Å². The fraction of sp³-hybridized carbons (Fsp3) is 0.280. The second-order valence-electron chi connectivity index (χ2n) is 7.74. The topological polar surface area (TPSA) is 95.3 Å². The van der Waals surface area contributed by atoms with E-state index in [1.165, 1.54) is 6.08 Å². The van der Waals surface area contributed by atoms with Crippen LogP contribution in [0.1, 0.15) is 43.1 Å². The average Bonchev–Trinajstić information content (AvgIpc) is 3.25. The molecule has 33 heavy (non-hydrogen) atoms. The summed E-state index contributed by atoms with van der Waals surface area (Å²) in [4.78, 5) is 24.8. The van der Waals surface area contributed by atoms with Crippen LogP contribution in [0.3, 0.4) is 0 Å². The summed E-state index contributed by atoms with van der Waals surface area (Å²) < 4.78 is 12.1. The van der Waals surface area contributed by atoms with Gasteiger partial charge in [-0.3, -0.25) is 9.59 Å². The minimum absolute atomic E-state index is 0.0113. The fourth-order valence-corrected chi connectivity index (χ4v) is 3.18. The molecule has 8 heteroatoms. The lowest BCUT2D eigenvalue weighted by Crippen LogP contribution is -2.29. The zero-order valence-corrected chi connectivity index (χ0v) is 19.0. The third-order valence-electron chi connectivity index (χ3n) is 4.72. The van der Waals surface area contributed by atoms with Crippen molar-refractivity contribution in [2.24, 2.45) is 0 Å². The molecule has 0 aliphatic carbocycles. The standard InChI is InChI=1S/C25H28N4O4/c1-18(2)33-25(31)15-23(20-9-12-22(32-3)13-10-20)26-24(30)14-11-21-17-29(28-27-21)16-19-7-5-4-6-8-19/h4-14,17-18,23H,15-16H2,1-3H3,(H,26,30)/b14-11+. The van der Waals surface area contributed by atoms with Crippen LogP contribution in [0.5, 0.6) is 5.75 Å². The first kappa shape index (κ1) is 23.7. The van der Waals surface area contributed by atoms with Gasteiger partial charge in [0.1, 0.15) is 11.4 Å². The van der Waals surface area contributed by atoms with E-state index in [-0.39, 0.29) is 24.4 Å². The molecule has 0 radical (unpaired) electrons. The second-order valence-corrected chi connectivity index (χ2v) is 7.74. The molecular weight excluding hydrogens is 420 g/mol. The normalized spacial score (nSPS) is 12.0. The maximum Gasteiger partial charge on any atom is 0.308 e. The van der Waals surface area contributed by atoms with Crippen LogP contribution in [0.4, 0.5) is 0 Å². The van der Waals surface area contributed by atoms with Crippen LogP contribution in [0.15, 0.2) is 66.9 Å². The van der Waals surface area contributed by atoms with Gasteiger partial charge in [0.25, 0.3) is 0 Å². The molecule has 172 valence electrons. The van der Waals surface area contributed by atoms with Crippen molar-refractivity contribution in [2.75, 3.05) is 7.11 Å². The number of amides is 1. The SMILES string of the molecule is COc1ccc(C(CC(=O)OC(C)C)NC(=O)/C=C/c2cn(Cc3ccccc3)nn2)cc1. The van der Waals surface area contributed by atoms with Crippen LogP contribution in [0.25, 0.3) is 6.08 Å². The number of hydrogen-bond acceptors (Lipinski definition) is 6. The molecule has 0 aliphatic heterocycles. The molecule has 1 N–H and O–H groups in total.